The number of hydrogen-bond acceptors (Lipinski definition) is 2. The summed E-state index contributed by atoms with van der Waals surface area (Å²) in [7, 11) is 0. The first-order valence-electron chi connectivity index (χ1n) is 11.6. The molecule has 0 aliphatic carbocycles. The van der Waals surface area contributed by atoms with Crippen molar-refractivity contribution in [1.82, 2.24) is 0 Å². The highest BCUT2D eigenvalue weighted by molar-refractivity contribution is 5.73. The third kappa shape index (κ3) is 4.74. The van der Waals surface area contributed by atoms with Crippen LogP contribution < -0.4 is 4.74 Å². The average Bonchev–Trinajstić information content (AvgIpc) is 2.87. The Balaban J connectivity index is 1.67. The standard InChI is InChI=1S/C28H24F6O2/c1-3-5-16-7-6-15(14-36-16)17-8-9-18(24(30)23(17)29)19-10-11-20(26(32)25(19)31)21-12-13-22(35-4-2)28(34)27(21)33/h3,5,8-13,15-16H,4,6-7,14H2,1-2H3. The van der Waals surface area contributed by atoms with Crippen molar-refractivity contribution >= 4 is 0 Å². The lowest BCUT2D eigenvalue weighted by molar-refractivity contribution is 0.0317. The summed E-state index contributed by atoms with van der Waals surface area (Å²) >= 11 is 0. The minimum absolute atomic E-state index is 0.0808. The highest BCUT2D eigenvalue weighted by Gasteiger charge is 2.28. The number of hydrogen-bond donors (Lipinski definition) is 0. The average molecular weight is 506 g/mol. The summed E-state index contributed by atoms with van der Waals surface area (Å²) in [6.45, 7) is 3.73. The highest BCUT2D eigenvalue weighted by Crippen LogP contribution is 2.38. The Morgan fingerprint density at radius 2 is 1.28 bits per heavy atom. The molecule has 0 aromatic heterocycles. The van der Waals surface area contributed by atoms with Gasteiger partial charge in [0.25, 0.3) is 0 Å². The van der Waals surface area contributed by atoms with Gasteiger partial charge in [0, 0.05) is 28.2 Å². The molecular formula is C28H24F6O2. The van der Waals surface area contributed by atoms with Crippen LogP contribution in [0.4, 0.5) is 26.3 Å². The zero-order valence-electron chi connectivity index (χ0n) is 19.7. The van der Waals surface area contributed by atoms with Crippen LogP contribution in [-0.4, -0.2) is 19.3 Å². The lowest BCUT2D eigenvalue weighted by Gasteiger charge is -2.28. The predicted molar refractivity (Wildman–Crippen MR) is 125 cm³/mol. The molecule has 1 saturated heterocycles. The van der Waals surface area contributed by atoms with Crippen molar-refractivity contribution in [3.05, 3.63) is 89.0 Å². The van der Waals surface area contributed by atoms with Gasteiger partial charge in [-0.15, -0.1) is 0 Å². The van der Waals surface area contributed by atoms with Gasteiger partial charge >= 0.3 is 0 Å². The Morgan fingerprint density at radius 3 is 1.81 bits per heavy atom. The first-order chi connectivity index (χ1) is 17.3. The molecule has 0 radical (unpaired) electrons. The summed E-state index contributed by atoms with van der Waals surface area (Å²) in [5, 5.41) is 0. The SMILES string of the molecule is CC=CC1CCC(c2ccc(-c3ccc(-c4ccc(OCC)c(F)c4F)c(F)c3F)c(F)c2F)CO1. The molecule has 4 rings (SSSR count). The van der Waals surface area contributed by atoms with Gasteiger partial charge in [-0.1, -0.05) is 36.4 Å². The fourth-order valence-electron chi connectivity index (χ4n) is 4.44. The van der Waals surface area contributed by atoms with Crippen LogP contribution in [0.15, 0.2) is 48.6 Å². The third-order valence-corrected chi connectivity index (χ3v) is 6.28. The largest absolute Gasteiger partial charge is 0.491 e. The lowest BCUT2D eigenvalue weighted by atomic mass is 9.89. The van der Waals surface area contributed by atoms with E-state index in [9.17, 15) is 17.6 Å². The van der Waals surface area contributed by atoms with Gasteiger partial charge in [0.2, 0.25) is 5.82 Å². The van der Waals surface area contributed by atoms with Gasteiger partial charge in [-0.3, -0.25) is 0 Å². The van der Waals surface area contributed by atoms with Gasteiger partial charge in [-0.05, 0) is 44.4 Å². The minimum atomic E-state index is -1.52. The van der Waals surface area contributed by atoms with Crippen molar-refractivity contribution in [2.45, 2.75) is 38.7 Å². The second kappa shape index (κ2) is 10.8. The van der Waals surface area contributed by atoms with Gasteiger partial charge in [-0.25, -0.2) is 22.0 Å². The molecule has 36 heavy (non-hydrogen) atoms. The van der Waals surface area contributed by atoms with Crippen LogP contribution in [0.5, 0.6) is 5.75 Å². The molecule has 2 nitrogen and oxygen atoms in total. The van der Waals surface area contributed by atoms with Gasteiger partial charge in [-0.2, -0.15) is 4.39 Å². The second-order valence-electron chi connectivity index (χ2n) is 8.46. The molecule has 3 aromatic carbocycles. The molecule has 0 bridgehead atoms. The topological polar surface area (TPSA) is 18.5 Å². The lowest BCUT2D eigenvalue weighted by Crippen LogP contribution is -2.24. The molecule has 2 atom stereocenters. The number of allylic oxidation sites excluding steroid dienone is 1. The molecule has 1 fully saturated rings. The van der Waals surface area contributed by atoms with Crippen LogP contribution in [-0.2, 0) is 4.74 Å². The van der Waals surface area contributed by atoms with E-state index in [0.717, 1.165) is 24.3 Å². The summed E-state index contributed by atoms with van der Waals surface area (Å²) in [4.78, 5) is 0. The number of rotatable bonds is 6. The summed E-state index contributed by atoms with van der Waals surface area (Å²) < 4.78 is 99.4. The molecule has 1 aliphatic heterocycles. The molecule has 2 unspecified atom stereocenters. The van der Waals surface area contributed by atoms with Crippen LogP contribution in [0, 0.1) is 34.9 Å². The summed E-state index contributed by atoms with van der Waals surface area (Å²) in [5.74, 6) is -9.02. The second-order valence-corrected chi connectivity index (χ2v) is 8.46. The predicted octanol–water partition coefficient (Wildman–Crippen LogP) is 8.09. The van der Waals surface area contributed by atoms with Gasteiger partial charge in [0.1, 0.15) is 0 Å². The minimum Gasteiger partial charge on any atom is -0.491 e. The molecule has 190 valence electrons. The number of halogens is 6. The molecule has 1 heterocycles. The first-order valence-corrected chi connectivity index (χ1v) is 11.6. The van der Waals surface area contributed by atoms with E-state index in [4.69, 9.17) is 9.47 Å². The van der Waals surface area contributed by atoms with Gasteiger partial charge in [0.05, 0.1) is 19.3 Å². The van der Waals surface area contributed by atoms with E-state index in [1.165, 1.54) is 12.1 Å². The van der Waals surface area contributed by atoms with E-state index < -0.39 is 57.2 Å². The fourth-order valence-corrected chi connectivity index (χ4v) is 4.44. The maximum Gasteiger partial charge on any atom is 0.201 e. The maximum absolute atomic E-state index is 15.0. The van der Waals surface area contributed by atoms with E-state index in [0.29, 0.717) is 12.8 Å². The van der Waals surface area contributed by atoms with Crippen LogP contribution >= 0.6 is 0 Å². The number of benzene rings is 3. The van der Waals surface area contributed by atoms with Crippen molar-refractivity contribution in [3.63, 3.8) is 0 Å². The smallest absolute Gasteiger partial charge is 0.201 e. The van der Waals surface area contributed by atoms with E-state index in [1.54, 1.807) is 6.92 Å². The molecule has 0 N–H and O–H groups in total. The maximum atomic E-state index is 15.0. The van der Waals surface area contributed by atoms with Crippen LogP contribution in [0.25, 0.3) is 22.3 Å². The van der Waals surface area contributed by atoms with Gasteiger partial charge in [0.15, 0.2) is 34.8 Å². The molecule has 0 saturated carbocycles. The van der Waals surface area contributed by atoms with Crippen LogP contribution in [0.2, 0.25) is 0 Å². The summed E-state index contributed by atoms with van der Waals surface area (Å²) in [6, 6.07) is 6.68. The molecule has 0 spiro atoms. The third-order valence-electron chi connectivity index (χ3n) is 6.28. The molecule has 8 heteroatoms. The van der Waals surface area contributed by atoms with E-state index in [-0.39, 0.29) is 36.5 Å². The van der Waals surface area contributed by atoms with Crippen molar-refractivity contribution < 1.29 is 35.8 Å². The van der Waals surface area contributed by atoms with E-state index in [1.807, 2.05) is 19.1 Å². The summed E-state index contributed by atoms with van der Waals surface area (Å²) in [6.07, 6.45) is 4.89. The normalized spacial score (nSPS) is 18.1. The molecule has 0 amide bonds. The first kappa shape index (κ1) is 25.8. The summed E-state index contributed by atoms with van der Waals surface area (Å²) in [5.41, 5.74) is -2.03. The Hall–Kier alpha value is -3.26. The Labute approximate surface area is 205 Å². The van der Waals surface area contributed by atoms with Crippen LogP contribution in [0.3, 0.4) is 0 Å². The Morgan fingerprint density at radius 1 is 0.750 bits per heavy atom. The molecule has 3 aromatic rings. The molecular weight excluding hydrogens is 482 g/mol. The zero-order valence-corrected chi connectivity index (χ0v) is 19.7. The molecule has 1 aliphatic rings. The van der Waals surface area contributed by atoms with Crippen molar-refractivity contribution in [3.8, 4) is 28.0 Å². The Bertz CT molecular complexity index is 1300. The Kier molecular flexibility index (Phi) is 7.73. The highest BCUT2D eigenvalue weighted by atomic mass is 19.2. The van der Waals surface area contributed by atoms with Gasteiger partial charge < -0.3 is 9.47 Å². The van der Waals surface area contributed by atoms with Crippen molar-refractivity contribution in [2.24, 2.45) is 0 Å². The zero-order chi connectivity index (χ0) is 26.0. The quantitative estimate of drug-likeness (QED) is 0.249. The fraction of sp³-hybridized carbons (Fsp3) is 0.286. The monoisotopic (exact) mass is 506 g/mol. The van der Waals surface area contributed by atoms with E-state index in [2.05, 4.69) is 0 Å². The van der Waals surface area contributed by atoms with E-state index >= 15 is 8.78 Å². The van der Waals surface area contributed by atoms with Crippen LogP contribution in [0.1, 0.15) is 38.2 Å². The van der Waals surface area contributed by atoms with Crippen molar-refractivity contribution in [1.29, 1.82) is 0 Å². The van der Waals surface area contributed by atoms with Crippen molar-refractivity contribution in [2.75, 3.05) is 13.2 Å². The number of ether oxygens (including phenoxy) is 2.